The summed E-state index contributed by atoms with van der Waals surface area (Å²) in [4.78, 5) is 26.1. The van der Waals surface area contributed by atoms with Crippen LogP contribution >= 0.6 is 11.6 Å². The first-order chi connectivity index (χ1) is 15.0. The number of methoxy groups -OCH3 is 2. The van der Waals surface area contributed by atoms with Crippen LogP contribution in [0, 0.1) is 5.92 Å². The van der Waals surface area contributed by atoms with E-state index in [0.29, 0.717) is 17.0 Å². The zero-order valence-electron chi connectivity index (χ0n) is 17.6. The number of carbonyl (C=O) groups is 2. The second-order valence-electron chi connectivity index (χ2n) is 7.37. The highest BCUT2D eigenvalue weighted by Gasteiger charge is 2.23. The van der Waals surface area contributed by atoms with E-state index in [-0.39, 0.29) is 24.4 Å². The highest BCUT2D eigenvalue weighted by atomic mass is 35.5. The monoisotopic (exact) mass is 436 g/mol. The minimum atomic E-state index is -0.432. The second-order valence-corrected chi connectivity index (χ2v) is 7.81. The number of carbonyl (C=O) groups excluding carboxylic acids is 2. The molecule has 5 heteroatoms. The lowest BCUT2D eigenvalue weighted by atomic mass is 9.86. The van der Waals surface area contributed by atoms with Crippen LogP contribution in [0.2, 0.25) is 5.02 Å². The first kappa shape index (κ1) is 22.6. The number of hydrogen-bond acceptors (Lipinski definition) is 4. The average molecular weight is 437 g/mol. The molecule has 0 aliphatic heterocycles. The van der Waals surface area contributed by atoms with Gasteiger partial charge in [-0.3, -0.25) is 9.59 Å². The van der Waals surface area contributed by atoms with Crippen LogP contribution in [0.3, 0.4) is 0 Å². The molecule has 3 aromatic rings. The van der Waals surface area contributed by atoms with E-state index in [1.54, 1.807) is 38.5 Å². The predicted molar refractivity (Wildman–Crippen MR) is 122 cm³/mol. The molecule has 3 rings (SSSR count). The van der Waals surface area contributed by atoms with Gasteiger partial charge in [0.25, 0.3) is 0 Å². The molecule has 0 heterocycles. The summed E-state index contributed by atoms with van der Waals surface area (Å²) >= 11 is 5.93. The third-order valence-corrected chi connectivity index (χ3v) is 5.48. The smallest absolute Gasteiger partial charge is 0.163 e. The maximum Gasteiger partial charge on any atom is 0.163 e. The molecule has 0 saturated heterocycles. The lowest BCUT2D eigenvalue weighted by Gasteiger charge is -2.16. The normalized spacial score (nSPS) is 11.6. The number of ketones is 2. The van der Waals surface area contributed by atoms with Gasteiger partial charge in [-0.05, 0) is 66.1 Å². The fourth-order valence-electron chi connectivity index (χ4n) is 3.41. The number of Topliss-reactive ketones (excluding diaryl/α,β-unsaturated/α-hetero) is 2. The predicted octanol–water partition coefficient (Wildman–Crippen LogP) is 5.60. The van der Waals surface area contributed by atoms with E-state index in [0.717, 1.165) is 22.6 Å². The summed E-state index contributed by atoms with van der Waals surface area (Å²) in [5.41, 5.74) is 2.43. The van der Waals surface area contributed by atoms with Gasteiger partial charge in [0.05, 0.1) is 14.2 Å². The third-order valence-electron chi connectivity index (χ3n) is 5.23. The van der Waals surface area contributed by atoms with Gasteiger partial charge in [-0.25, -0.2) is 0 Å². The molecule has 0 amide bonds. The van der Waals surface area contributed by atoms with E-state index < -0.39 is 5.92 Å². The zero-order valence-corrected chi connectivity index (χ0v) is 18.4. The zero-order chi connectivity index (χ0) is 22.2. The largest absolute Gasteiger partial charge is 0.497 e. The van der Waals surface area contributed by atoms with Crippen LogP contribution in [-0.2, 0) is 17.6 Å². The summed E-state index contributed by atoms with van der Waals surface area (Å²) in [6, 6.07) is 21.8. The summed E-state index contributed by atoms with van der Waals surface area (Å²) in [7, 11) is 3.22. The van der Waals surface area contributed by atoms with Gasteiger partial charge in [-0.2, -0.15) is 0 Å². The molecule has 0 aromatic heterocycles. The van der Waals surface area contributed by atoms with Crippen molar-refractivity contribution in [2.75, 3.05) is 14.2 Å². The van der Waals surface area contributed by atoms with Crippen LogP contribution in [0.25, 0.3) is 0 Å². The molecule has 3 aromatic carbocycles. The molecule has 0 aliphatic carbocycles. The average Bonchev–Trinajstić information content (AvgIpc) is 2.80. The summed E-state index contributed by atoms with van der Waals surface area (Å²) in [6.45, 7) is 0. The Kier molecular flexibility index (Phi) is 7.85. The van der Waals surface area contributed by atoms with E-state index in [1.807, 2.05) is 48.5 Å². The van der Waals surface area contributed by atoms with Gasteiger partial charge in [0.15, 0.2) is 5.78 Å². The van der Waals surface area contributed by atoms with Crippen LogP contribution in [0.15, 0.2) is 72.8 Å². The Hall–Kier alpha value is -3.11. The highest BCUT2D eigenvalue weighted by molar-refractivity contribution is 6.30. The fourth-order valence-corrected chi connectivity index (χ4v) is 3.54. The molecule has 0 saturated carbocycles. The topological polar surface area (TPSA) is 52.6 Å². The second kappa shape index (κ2) is 10.8. The summed E-state index contributed by atoms with van der Waals surface area (Å²) in [6.07, 6.45) is 0.889. The summed E-state index contributed by atoms with van der Waals surface area (Å²) in [5, 5.41) is 0.571. The SMILES string of the molecule is COc1ccc(CC(=O)C(CC(=O)c2ccc(Cl)cc2)Cc2ccc(OC)cc2)cc1. The van der Waals surface area contributed by atoms with Gasteiger partial charge >= 0.3 is 0 Å². The molecule has 4 nitrogen and oxygen atoms in total. The molecule has 0 aliphatic rings. The highest BCUT2D eigenvalue weighted by Crippen LogP contribution is 2.22. The van der Waals surface area contributed by atoms with Crippen molar-refractivity contribution in [2.24, 2.45) is 5.92 Å². The number of ether oxygens (including phenoxy) is 2. The van der Waals surface area contributed by atoms with E-state index in [2.05, 4.69) is 0 Å². The van der Waals surface area contributed by atoms with Gasteiger partial charge in [0.2, 0.25) is 0 Å². The molecule has 0 bridgehead atoms. The molecule has 0 N–H and O–H groups in total. The van der Waals surface area contributed by atoms with Crippen molar-refractivity contribution in [2.45, 2.75) is 19.3 Å². The molecule has 31 heavy (non-hydrogen) atoms. The first-order valence-electron chi connectivity index (χ1n) is 10.1. The number of rotatable bonds is 10. The van der Waals surface area contributed by atoms with Crippen LogP contribution < -0.4 is 9.47 Å². The van der Waals surface area contributed by atoms with Crippen molar-refractivity contribution in [3.63, 3.8) is 0 Å². The molecule has 160 valence electrons. The van der Waals surface area contributed by atoms with Crippen molar-refractivity contribution in [3.05, 3.63) is 94.5 Å². The lowest BCUT2D eigenvalue weighted by Crippen LogP contribution is -2.23. The summed E-state index contributed by atoms with van der Waals surface area (Å²) in [5.74, 6) is 1.02. The Morgan fingerprint density at radius 1 is 0.774 bits per heavy atom. The van der Waals surface area contributed by atoms with Crippen molar-refractivity contribution in [3.8, 4) is 11.5 Å². The van der Waals surface area contributed by atoms with Crippen LogP contribution in [-0.4, -0.2) is 25.8 Å². The Morgan fingerprint density at radius 2 is 1.29 bits per heavy atom. The van der Waals surface area contributed by atoms with Crippen molar-refractivity contribution < 1.29 is 19.1 Å². The Balaban J connectivity index is 1.78. The minimum absolute atomic E-state index is 0.0308. The molecular formula is C26H25ClO4. The number of benzene rings is 3. The standard InChI is InChI=1S/C26H25ClO4/c1-30-23-11-3-18(4-12-23)15-21(17-26(29)20-7-9-22(27)10-8-20)25(28)16-19-5-13-24(31-2)14-6-19/h3-14,21H,15-17H2,1-2H3. The molecule has 1 atom stereocenters. The first-order valence-corrected chi connectivity index (χ1v) is 10.4. The van der Waals surface area contributed by atoms with Gasteiger partial charge in [-0.15, -0.1) is 0 Å². The van der Waals surface area contributed by atoms with Crippen LogP contribution in [0.4, 0.5) is 0 Å². The Morgan fingerprint density at radius 3 is 1.81 bits per heavy atom. The number of hydrogen-bond donors (Lipinski definition) is 0. The van der Waals surface area contributed by atoms with E-state index in [4.69, 9.17) is 21.1 Å². The molecule has 0 radical (unpaired) electrons. The molecule has 1 unspecified atom stereocenters. The molecule has 0 fully saturated rings. The van der Waals surface area contributed by atoms with Crippen molar-refractivity contribution >= 4 is 23.2 Å². The van der Waals surface area contributed by atoms with Gasteiger partial charge in [0, 0.05) is 29.3 Å². The van der Waals surface area contributed by atoms with Gasteiger partial charge in [0.1, 0.15) is 17.3 Å². The summed E-state index contributed by atoms with van der Waals surface area (Å²) < 4.78 is 10.4. The van der Waals surface area contributed by atoms with Crippen LogP contribution in [0.1, 0.15) is 27.9 Å². The maximum atomic E-state index is 13.2. The van der Waals surface area contributed by atoms with Gasteiger partial charge < -0.3 is 9.47 Å². The maximum absolute atomic E-state index is 13.2. The Bertz CT molecular complexity index is 1010. The third kappa shape index (κ3) is 6.43. The van der Waals surface area contributed by atoms with E-state index in [1.165, 1.54) is 0 Å². The molecular weight excluding hydrogens is 412 g/mol. The van der Waals surface area contributed by atoms with Crippen molar-refractivity contribution in [1.82, 2.24) is 0 Å². The van der Waals surface area contributed by atoms with Crippen LogP contribution in [0.5, 0.6) is 11.5 Å². The van der Waals surface area contributed by atoms with Gasteiger partial charge in [-0.1, -0.05) is 35.9 Å². The van der Waals surface area contributed by atoms with E-state index in [9.17, 15) is 9.59 Å². The fraction of sp³-hybridized carbons (Fsp3) is 0.231. The minimum Gasteiger partial charge on any atom is -0.497 e. The number of halogens is 1. The Labute approximate surface area is 187 Å². The van der Waals surface area contributed by atoms with E-state index >= 15 is 0 Å². The van der Waals surface area contributed by atoms with Crippen molar-refractivity contribution in [1.29, 1.82) is 0 Å². The quantitative estimate of drug-likeness (QED) is 0.388. The molecule has 0 spiro atoms. The lowest BCUT2D eigenvalue weighted by molar-refractivity contribution is -0.122.